The van der Waals surface area contributed by atoms with E-state index in [-0.39, 0.29) is 5.56 Å². The van der Waals surface area contributed by atoms with Crippen molar-refractivity contribution in [1.29, 1.82) is 0 Å². The summed E-state index contributed by atoms with van der Waals surface area (Å²) in [5, 5.41) is 1.58. The SMILES string of the molecule is Cc1c(-c2[nH]c3ccc(C4CCN(C)CC4)cc3c2C(C)C)cn(C)c(=O)c1Cl. The maximum Gasteiger partial charge on any atom is 0.269 e. The molecule has 154 valence electrons. The molecule has 0 unspecified atom stereocenters. The Morgan fingerprint density at radius 2 is 1.86 bits per heavy atom. The topological polar surface area (TPSA) is 41.0 Å². The van der Waals surface area contributed by atoms with Crippen LogP contribution < -0.4 is 5.56 Å². The summed E-state index contributed by atoms with van der Waals surface area (Å²) in [7, 11) is 3.96. The van der Waals surface area contributed by atoms with E-state index in [4.69, 9.17) is 11.6 Å². The molecule has 4 nitrogen and oxygen atoms in total. The molecule has 1 aromatic carbocycles. The minimum atomic E-state index is -0.153. The number of rotatable bonds is 3. The minimum Gasteiger partial charge on any atom is -0.354 e. The highest BCUT2D eigenvalue weighted by Gasteiger charge is 2.23. The highest BCUT2D eigenvalue weighted by molar-refractivity contribution is 6.31. The number of fused-ring (bicyclic) bond motifs is 1. The average molecular weight is 412 g/mol. The molecular weight excluding hydrogens is 382 g/mol. The Morgan fingerprint density at radius 3 is 2.52 bits per heavy atom. The summed E-state index contributed by atoms with van der Waals surface area (Å²) in [6, 6.07) is 6.89. The molecule has 3 heterocycles. The maximum atomic E-state index is 12.2. The zero-order valence-electron chi connectivity index (χ0n) is 18.0. The van der Waals surface area contributed by atoms with Crippen LogP contribution in [0.4, 0.5) is 0 Å². The number of nitrogens with zero attached hydrogens (tertiary/aromatic N) is 2. The largest absolute Gasteiger partial charge is 0.354 e. The van der Waals surface area contributed by atoms with Crippen molar-refractivity contribution in [3.8, 4) is 11.3 Å². The van der Waals surface area contributed by atoms with E-state index in [1.807, 2.05) is 13.1 Å². The number of H-pyrrole nitrogens is 1. The van der Waals surface area contributed by atoms with Gasteiger partial charge in [0.15, 0.2) is 0 Å². The van der Waals surface area contributed by atoms with E-state index >= 15 is 0 Å². The summed E-state index contributed by atoms with van der Waals surface area (Å²) in [5.74, 6) is 0.976. The highest BCUT2D eigenvalue weighted by atomic mass is 35.5. The van der Waals surface area contributed by atoms with Crippen molar-refractivity contribution in [1.82, 2.24) is 14.5 Å². The Labute approximate surface area is 177 Å². The molecule has 3 aromatic rings. The van der Waals surface area contributed by atoms with Crippen LogP contribution in [0.1, 0.15) is 55.2 Å². The van der Waals surface area contributed by atoms with E-state index in [9.17, 15) is 4.79 Å². The van der Waals surface area contributed by atoms with Crippen LogP contribution >= 0.6 is 11.6 Å². The fraction of sp³-hybridized carbons (Fsp3) is 0.458. The number of hydrogen-bond donors (Lipinski definition) is 1. The second-order valence-corrected chi connectivity index (χ2v) is 9.23. The fourth-order valence-corrected chi connectivity index (χ4v) is 4.91. The Hall–Kier alpha value is -2.04. The summed E-state index contributed by atoms with van der Waals surface area (Å²) < 4.78 is 1.57. The molecule has 1 N–H and O–H groups in total. The number of benzene rings is 1. The summed E-state index contributed by atoms with van der Waals surface area (Å²) in [6.45, 7) is 8.71. The van der Waals surface area contributed by atoms with Gasteiger partial charge < -0.3 is 14.5 Å². The molecule has 1 saturated heterocycles. The molecule has 0 atom stereocenters. The molecule has 1 aliphatic heterocycles. The van der Waals surface area contributed by atoms with Gasteiger partial charge in [0.1, 0.15) is 5.02 Å². The Balaban J connectivity index is 1.88. The van der Waals surface area contributed by atoms with Crippen molar-refractivity contribution in [3.63, 3.8) is 0 Å². The van der Waals surface area contributed by atoms with Gasteiger partial charge >= 0.3 is 0 Å². The first-order valence-electron chi connectivity index (χ1n) is 10.5. The first-order chi connectivity index (χ1) is 13.8. The van der Waals surface area contributed by atoms with Crippen molar-refractivity contribution in [2.75, 3.05) is 20.1 Å². The van der Waals surface area contributed by atoms with Crippen LogP contribution in [0.15, 0.2) is 29.2 Å². The van der Waals surface area contributed by atoms with Crippen molar-refractivity contribution < 1.29 is 0 Å². The lowest BCUT2D eigenvalue weighted by atomic mass is 9.87. The van der Waals surface area contributed by atoms with Gasteiger partial charge in [0.25, 0.3) is 5.56 Å². The third-order valence-corrected chi connectivity index (χ3v) is 6.91. The third kappa shape index (κ3) is 3.53. The lowest BCUT2D eigenvalue weighted by Gasteiger charge is -2.29. The van der Waals surface area contributed by atoms with E-state index in [2.05, 4.69) is 49.0 Å². The lowest BCUT2D eigenvalue weighted by molar-refractivity contribution is 0.255. The van der Waals surface area contributed by atoms with E-state index in [0.29, 0.717) is 16.9 Å². The summed E-state index contributed by atoms with van der Waals surface area (Å²) in [6.07, 6.45) is 4.33. The van der Waals surface area contributed by atoms with Crippen LogP contribution in [-0.2, 0) is 7.05 Å². The monoisotopic (exact) mass is 411 g/mol. The van der Waals surface area contributed by atoms with E-state index in [0.717, 1.165) is 35.4 Å². The molecule has 0 amide bonds. The first-order valence-corrected chi connectivity index (χ1v) is 10.9. The zero-order valence-corrected chi connectivity index (χ0v) is 18.7. The number of aromatic amines is 1. The molecular formula is C24H30ClN3O. The second-order valence-electron chi connectivity index (χ2n) is 8.85. The van der Waals surface area contributed by atoms with Crippen LogP contribution in [0, 0.1) is 6.92 Å². The number of piperidine rings is 1. The van der Waals surface area contributed by atoms with E-state index in [1.165, 1.54) is 29.4 Å². The van der Waals surface area contributed by atoms with Gasteiger partial charge in [0, 0.05) is 29.7 Å². The quantitative estimate of drug-likeness (QED) is 0.624. The fourth-order valence-electron chi connectivity index (χ4n) is 4.67. The second kappa shape index (κ2) is 7.66. The third-order valence-electron chi connectivity index (χ3n) is 6.46. The Morgan fingerprint density at radius 1 is 1.17 bits per heavy atom. The molecule has 1 aliphatic rings. The van der Waals surface area contributed by atoms with E-state index < -0.39 is 0 Å². The van der Waals surface area contributed by atoms with Gasteiger partial charge in [-0.3, -0.25) is 4.79 Å². The summed E-state index contributed by atoms with van der Waals surface area (Å²) >= 11 is 6.36. The number of halogens is 1. The van der Waals surface area contributed by atoms with Gasteiger partial charge in [0.2, 0.25) is 0 Å². The van der Waals surface area contributed by atoms with Gasteiger partial charge in [-0.1, -0.05) is 31.5 Å². The molecule has 0 radical (unpaired) electrons. The van der Waals surface area contributed by atoms with Gasteiger partial charge in [-0.2, -0.15) is 0 Å². The molecule has 29 heavy (non-hydrogen) atoms. The van der Waals surface area contributed by atoms with Gasteiger partial charge in [-0.05, 0) is 80.6 Å². The molecule has 0 saturated carbocycles. The number of nitrogens with one attached hydrogen (secondary N) is 1. The van der Waals surface area contributed by atoms with Crippen LogP contribution in [0.5, 0.6) is 0 Å². The number of pyridine rings is 1. The van der Waals surface area contributed by atoms with Crippen LogP contribution in [-0.4, -0.2) is 34.6 Å². The molecule has 5 heteroatoms. The standard InChI is InChI=1S/C24H30ClN3O/c1-14(2)21-18-12-17(16-8-10-27(4)11-9-16)6-7-20(18)26-23(21)19-13-28(5)24(29)22(25)15(19)3/h6-7,12-14,16,26H,8-11H2,1-5H3. The summed E-state index contributed by atoms with van der Waals surface area (Å²) in [4.78, 5) is 18.3. The number of aryl methyl sites for hydroxylation is 1. The van der Waals surface area contributed by atoms with Crippen molar-refractivity contribution in [3.05, 3.63) is 56.5 Å². The van der Waals surface area contributed by atoms with Crippen molar-refractivity contribution in [2.24, 2.45) is 7.05 Å². The zero-order chi connectivity index (χ0) is 20.9. The van der Waals surface area contributed by atoms with Gasteiger partial charge in [0.05, 0.1) is 5.69 Å². The van der Waals surface area contributed by atoms with Crippen molar-refractivity contribution >= 4 is 22.5 Å². The van der Waals surface area contributed by atoms with E-state index in [1.54, 1.807) is 11.6 Å². The average Bonchev–Trinajstić information content (AvgIpc) is 3.08. The van der Waals surface area contributed by atoms with Crippen LogP contribution in [0.3, 0.4) is 0 Å². The maximum absolute atomic E-state index is 12.2. The number of likely N-dealkylation sites (tertiary alicyclic amines) is 1. The minimum absolute atomic E-state index is 0.153. The highest BCUT2D eigenvalue weighted by Crippen LogP contribution is 2.39. The summed E-state index contributed by atoms with van der Waals surface area (Å²) in [5.41, 5.74) is 6.63. The lowest BCUT2D eigenvalue weighted by Crippen LogP contribution is -2.29. The number of aromatic nitrogens is 2. The molecule has 2 aromatic heterocycles. The van der Waals surface area contributed by atoms with Gasteiger partial charge in [-0.15, -0.1) is 0 Å². The smallest absolute Gasteiger partial charge is 0.269 e. The predicted octanol–water partition coefficient (Wildman–Crippen LogP) is 5.43. The Bertz CT molecular complexity index is 1120. The molecule has 1 fully saturated rings. The molecule has 0 spiro atoms. The van der Waals surface area contributed by atoms with Crippen molar-refractivity contribution in [2.45, 2.75) is 45.4 Å². The van der Waals surface area contributed by atoms with Crippen LogP contribution in [0.2, 0.25) is 5.02 Å². The van der Waals surface area contributed by atoms with Crippen LogP contribution in [0.25, 0.3) is 22.2 Å². The predicted molar refractivity (Wildman–Crippen MR) is 122 cm³/mol. The number of hydrogen-bond acceptors (Lipinski definition) is 2. The molecule has 0 bridgehead atoms. The normalized spacial score (nSPS) is 16.2. The van der Waals surface area contributed by atoms with Gasteiger partial charge in [-0.25, -0.2) is 0 Å². The first kappa shape index (κ1) is 20.2. The molecule has 0 aliphatic carbocycles. The molecule has 4 rings (SSSR count). The Kier molecular flexibility index (Phi) is 5.34.